The van der Waals surface area contributed by atoms with Gasteiger partial charge in [0.05, 0.1) is 7.11 Å². The van der Waals surface area contributed by atoms with Crippen LogP contribution in [-0.4, -0.2) is 36.7 Å². The van der Waals surface area contributed by atoms with Crippen LogP contribution in [-0.2, 0) is 4.74 Å². The number of nitrogens with one attached hydrogen (secondary N) is 2. The standard InChI is InChI=1S/C12H17N3O2/c1-12(4-6-13-8-12)15-9-3-5-14-10(7-9)11(16)17-2/h3,5,7,13H,4,6,8H2,1-2H3,(H,14,15). The number of anilines is 1. The normalized spacial score (nSPS) is 23.4. The van der Waals surface area contributed by atoms with Crippen LogP contribution in [0.4, 0.5) is 5.69 Å². The molecule has 0 spiro atoms. The van der Waals surface area contributed by atoms with E-state index < -0.39 is 5.97 Å². The lowest BCUT2D eigenvalue weighted by molar-refractivity contribution is 0.0594. The predicted octanol–water partition coefficient (Wildman–Crippen LogP) is 1.03. The molecule has 0 saturated carbocycles. The van der Waals surface area contributed by atoms with Gasteiger partial charge in [-0.05, 0) is 32.0 Å². The van der Waals surface area contributed by atoms with Gasteiger partial charge in [-0.3, -0.25) is 0 Å². The van der Waals surface area contributed by atoms with E-state index in [0.29, 0.717) is 5.69 Å². The monoisotopic (exact) mass is 235 g/mol. The third-order valence-corrected chi connectivity index (χ3v) is 2.97. The Balaban J connectivity index is 2.13. The van der Waals surface area contributed by atoms with Gasteiger partial charge in [0.15, 0.2) is 0 Å². The fraction of sp³-hybridized carbons (Fsp3) is 0.500. The highest BCUT2D eigenvalue weighted by molar-refractivity contribution is 5.88. The molecule has 1 aromatic heterocycles. The molecule has 0 amide bonds. The number of ether oxygens (including phenoxy) is 1. The predicted molar refractivity (Wildman–Crippen MR) is 65.1 cm³/mol. The molecule has 0 bridgehead atoms. The fourth-order valence-electron chi connectivity index (χ4n) is 2.00. The van der Waals surface area contributed by atoms with E-state index >= 15 is 0 Å². The molecule has 2 heterocycles. The maximum Gasteiger partial charge on any atom is 0.356 e. The lowest BCUT2D eigenvalue weighted by atomic mass is 10.0. The number of carbonyl (C=O) groups excluding carboxylic acids is 1. The number of aromatic nitrogens is 1. The molecule has 17 heavy (non-hydrogen) atoms. The van der Waals surface area contributed by atoms with Crippen molar-refractivity contribution < 1.29 is 9.53 Å². The van der Waals surface area contributed by atoms with Crippen molar-refractivity contribution in [1.29, 1.82) is 0 Å². The lowest BCUT2D eigenvalue weighted by Crippen LogP contribution is -2.36. The highest BCUT2D eigenvalue weighted by Gasteiger charge is 2.28. The second kappa shape index (κ2) is 4.71. The average Bonchev–Trinajstić information content (AvgIpc) is 2.75. The Morgan fingerprint density at radius 3 is 3.12 bits per heavy atom. The maximum absolute atomic E-state index is 11.4. The summed E-state index contributed by atoms with van der Waals surface area (Å²) in [6, 6.07) is 3.57. The van der Waals surface area contributed by atoms with Gasteiger partial charge < -0.3 is 15.4 Å². The van der Waals surface area contributed by atoms with Gasteiger partial charge in [-0.2, -0.15) is 0 Å². The number of methoxy groups -OCH3 is 1. The van der Waals surface area contributed by atoms with Crippen molar-refractivity contribution in [3.8, 4) is 0 Å². The third-order valence-electron chi connectivity index (χ3n) is 2.97. The molecule has 0 aliphatic carbocycles. The van der Waals surface area contributed by atoms with Crippen LogP contribution in [0, 0.1) is 0 Å². The van der Waals surface area contributed by atoms with Crippen LogP contribution in [0.2, 0.25) is 0 Å². The van der Waals surface area contributed by atoms with Crippen molar-refractivity contribution in [3.63, 3.8) is 0 Å². The Bertz CT molecular complexity index is 414. The van der Waals surface area contributed by atoms with Crippen molar-refractivity contribution >= 4 is 11.7 Å². The number of esters is 1. The van der Waals surface area contributed by atoms with E-state index in [4.69, 9.17) is 0 Å². The van der Waals surface area contributed by atoms with Gasteiger partial charge in [0, 0.05) is 24.0 Å². The van der Waals surface area contributed by atoms with Gasteiger partial charge in [0.2, 0.25) is 0 Å². The molecular formula is C12H17N3O2. The van der Waals surface area contributed by atoms with Gasteiger partial charge in [-0.1, -0.05) is 0 Å². The largest absolute Gasteiger partial charge is 0.464 e. The summed E-state index contributed by atoms with van der Waals surface area (Å²) in [6.45, 7) is 4.09. The zero-order valence-electron chi connectivity index (χ0n) is 10.1. The molecule has 1 unspecified atom stereocenters. The van der Waals surface area contributed by atoms with Gasteiger partial charge in [-0.15, -0.1) is 0 Å². The van der Waals surface area contributed by atoms with Crippen LogP contribution in [0.1, 0.15) is 23.8 Å². The van der Waals surface area contributed by atoms with E-state index in [9.17, 15) is 4.79 Å². The first-order valence-corrected chi connectivity index (χ1v) is 5.66. The van der Waals surface area contributed by atoms with Crippen LogP contribution < -0.4 is 10.6 Å². The highest BCUT2D eigenvalue weighted by atomic mass is 16.5. The summed E-state index contributed by atoms with van der Waals surface area (Å²) < 4.78 is 4.64. The Morgan fingerprint density at radius 1 is 1.65 bits per heavy atom. The van der Waals surface area contributed by atoms with Crippen molar-refractivity contribution in [2.45, 2.75) is 18.9 Å². The summed E-state index contributed by atoms with van der Waals surface area (Å²) in [6.07, 6.45) is 2.67. The maximum atomic E-state index is 11.4. The topological polar surface area (TPSA) is 63.2 Å². The molecule has 1 aliphatic heterocycles. The first kappa shape index (κ1) is 11.9. The zero-order valence-corrected chi connectivity index (χ0v) is 10.1. The summed E-state index contributed by atoms with van der Waals surface area (Å²) in [4.78, 5) is 15.3. The minimum Gasteiger partial charge on any atom is -0.464 e. The van der Waals surface area contributed by atoms with Crippen molar-refractivity contribution in [2.24, 2.45) is 0 Å². The van der Waals surface area contributed by atoms with Crippen molar-refractivity contribution in [1.82, 2.24) is 10.3 Å². The summed E-state index contributed by atoms with van der Waals surface area (Å²) in [7, 11) is 1.35. The minimum atomic E-state index is -0.414. The first-order chi connectivity index (χ1) is 8.13. The number of hydrogen-bond acceptors (Lipinski definition) is 5. The van der Waals surface area contributed by atoms with Crippen LogP contribution in [0.15, 0.2) is 18.3 Å². The second-order valence-corrected chi connectivity index (χ2v) is 4.53. The molecule has 1 aliphatic rings. The first-order valence-electron chi connectivity index (χ1n) is 5.66. The molecule has 0 radical (unpaired) electrons. The van der Waals surface area contributed by atoms with Gasteiger partial charge >= 0.3 is 5.97 Å². The Hall–Kier alpha value is -1.62. The van der Waals surface area contributed by atoms with Crippen LogP contribution in [0.3, 0.4) is 0 Å². The molecule has 1 aromatic rings. The van der Waals surface area contributed by atoms with Gasteiger partial charge in [0.25, 0.3) is 0 Å². The zero-order chi connectivity index (χ0) is 12.3. The van der Waals surface area contributed by atoms with E-state index in [2.05, 4.69) is 27.3 Å². The smallest absolute Gasteiger partial charge is 0.356 e. The summed E-state index contributed by atoms with van der Waals surface area (Å²) >= 11 is 0. The molecular weight excluding hydrogens is 218 g/mol. The fourth-order valence-corrected chi connectivity index (χ4v) is 2.00. The van der Waals surface area contributed by atoms with E-state index in [1.807, 2.05) is 6.07 Å². The van der Waals surface area contributed by atoms with E-state index in [1.54, 1.807) is 12.3 Å². The minimum absolute atomic E-state index is 0.0365. The summed E-state index contributed by atoms with van der Waals surface area (Å²) in [5.41, 5.74) is 1.26. The Morgan fingerprint density at radius 2 is 2.47 bits per heavy atom. The summed E-state index contributed by atoms with van der Waals surface area (Å²) in [5.74, 6) is -0.414. The molecule has 5 heteroatoms. The Labute approximate surface area is 101 Å². The third kappa shape index (κ3) is 2.74. The number of hydrogen-bond donors (Lipinski definition) is 2. The molecule has 2 rings (SSSR count). The molecule has 1 atom stereocenters. The molecule has 92 valence electrons. The number of rotatable bonds is 3. The molecule has 1 fully saturated rings. The van der Waals surface area contributed by atoms with Gasteiger partial charge in [0.1, 0.15) is 5.69 Å². The quantitative estimate of drug-likeness (QED) is 0.766. The van der Waals surface area contributed by atoms with Crippen LogP contribution in [0.5, 0.6) is 0 Å². The second-order valence-electron chi connectivity index (χ2n) is 4.53. The SMILES string of the molecule is COC(=O)c1cc(NC2(C)CCNC2)ccn1. The average molecular weight is 235 g/mol. The summed E-state index contributed by atoms with van der Waals surface area (Å²) in [5, 5.41) is 6.74. The molecule has 1 saturated heterocycles. The number of pyridine rings is 1. The van der Waals surface area contributed by atoms with Crippen LogP contribution >= 0.6 is 0 Å². The number of nitrogens with zero attached hydrogens (tertiary/aromatic N) is 1. The van der Waals surface area contributed by atoms with E-state index in [1.165, 1.54) is 7.11 Å². The van der Waals surface area contributed by atoms with Crippen LogP contribution in [0.25, 0.3) is 0 Å². The van der Waals surface area contributed by atoms with Crippen molar-refractivity contribution in [2.75, 3.05) is 25.5 Å². The number of carbonyl (C=O) groups is 1. The lowest BCUT2D eigenvalue weighted by Gasteiger charge is -2.25. The van der Waals surface area contributed by atoms with E-state index in [-0.39, 0.29) is 5.54 Å². The highest BCUT2D eigenvalue weighted by Crippen LogP contribution is 2.21. The van der Waals surface area contributed by atoms with Crippen molar-refractivity contribution in [3.05, 3.63) is 24.0 Å². The molecule has 5 nitrogen and oxygen atoms in total. The van der Waals surface area contributed by atoms with Gasteiger partial charge in [-0.25, -0.2) is 9.78 Å². The molecule has 2 N–H and O–H groups in total. The Kier molecular flexibility index (Phi) is 3.28. The molecule has 0 aromatic carbocycles. The van der Waals surface area contributed by atoms with E-state index in [0.717, 1.165) is 25.2 Å².